The quantitative estimate of drug-likeness (QED) is 0.582. The van der Waals surface area contributed by atoms with Crippen molar-refractivity contribution in [2.75, 3.05) is 18.5 Å². The number of carbonyl (C=O) groups excluding carboxylic acids is 1. The van der Waals surface area contributed by atoms with E-state index < -0.39 is 0 Å². The van der Waals surface area contributed by atoms with E-state index in [9.17, 15) is 4.79 Å². The molecule has 134 valence electrons. The molecule has 0 aromatic heterocycles. The van der Waals surface area contributed by atoms with Crippen molar-refractivity contribution in [3.63, 3.8) is 0 Å². The molecule has 1 N–H and O–H groups in total. The lowest BCUT2D eigenvalue weighted by molar-refractivity contribution is -0.118. The first-order valence-electron chi connectivity index (χ1n) is 8.98. The molecular weight excluding hydrogens is 314 g/mol. The van der Waals surface area contributed by atoms with Crippen LogP contribution in [0.25, 0.3) is 0 Å². The lowest BCUT2D eigenvalue weighted by Gasteiger charge is -2.10. The summed E-state index contributed by atoms with van der Waals surface area (Å²) in [6.45, 7) is 2.89. The fourth-order valence-corrected chi connectivity index (χ4v) is 2.42. The van der Waals surface area contributed by atoms with Gasteiger partial charge in [-0.1, -0.05) is 56.9 Å². The van der Waals surface area contributed by atoms with Crippen molar-refractivity contribution in [3.8, 4) is 11.5 Å². The summed E-state index contributed by atoms with van der Waals surface area (Å²) in [4.78, 5) is 11.9. The highest BCUT2D eigenvalue weighted by molar-refractivity contribution is 5.91. The minimum Gasteiger partial charge on any atom is -0.493 e. The Morgan fingerprint density at radius 1 is 0.880 bits per heavy atom. The highest BCUT2D eigenvalue weighted by atomic mass is 16.5. The largest absolute Gasteiger partial charge is 0.493 e. The first-order chi connectivity index (χ1) is 12.3. The van der Waals surface area contributed by atoms with Crippen LogP contribution in [0.4, 0.5) is 5.69 Å². The monoisotopic (exact) mass is 341 g/mol. The number of carbonyl (C=O) groups is 1. The SMILES string of the molecule is CCCCCCCOc1cccc(OCC(=O)Nc2ccccc2)c1. The van der Waals surface area contributed by atoms with Crippen molar-refractivity contribution in [2.45, 2.75) is 39.0 Å². The van der Waals surface area contributed by atoms with Crippen molar-refractivity contribution in [1.82, 2.24) is 0 Å². The van der Waals surface area contributed by atoms with Gasteiger partial charge in [0.25, 0.3) is 5.91 Å². The van der Waals surface area contributed by atoms with E-state index in [1.54, 1.807) is 0 Å². The lowest BCUT2D eigenvalue weighted by atomic mass is 10.2. The van der Waals surface area contributed by atoms with Crippen LogP contribution < -0.4 is 14.8 Å². The Morgan fingerprint density at radius 3 is 2.36 bits per heavy atom. The lowest BCUT2D eigenvalue weighted by Crippen LogP contribution is -2.20. The van der Waals surface area contributed by atoms with Crippen LogP contribution in [0.15, 0.2) is 54.6 Å². The van der Waals surface area contributed by atoms with E-state index >= 15 is 0 Å². The second-order valence-corrected chi connectivity index (χ2v) is 5.94. The van der Waals surface area contributed by atoms with Gasteiger partial charge in [-0.3, -0.25) is 4.79 Å². The summed E-state index contributed by atoms with van der Waals surface area (Å²) in [5, 5.41) is 2.79. The Morgan fingerprint density at radius 2 is 1.60 bits per heavy atom. The summed E-state index contributed by atoms with van der Waals surface area (Å²) in [6.07, 6.45) is 6.06. The molecule has 0 bridgehead atoms. The van der Waals surface area contributed by atoms with E-state index in [0.29, 0.717) is 12.4 Å². The zero-order valence-corrected chi connectivity index (χ0v) is 14.9. The highest BCUT2D eigenvalue weighted by Crippen LogP contribution is 2.20. The Hall–Kier alpha value is -2.49. The average Bonchev–Trinajstić information content (AvgIpc) is 2.64. The molecule has 0 atom stereocenters. The third-order valence-corrected chi connectivity index (χ3v) is 3.75. The molecule has 0 heterocycles. The number of para-hydroxylation sites is 1. The van der Waals surface area contributed by atoms with Crippen molar-refractivity contribution in [2.24, 2.45) is 0 Å². The van der Waals surface area contributed by atoms with Crippen molar-refractivity contribution in [1.29, 1.82) is 0 Å². The maximum atomic E-state index is 11.9. The minimum atomic E-state index is -0.187. The Kier molecular flexibility index (Phi) is 8.39. The summed E-state index contributed by atoms with van der Waals surface area (Å²) in [5.41, 5.74) is 0.760. The molecule has 0 saturated heterocycles. The summed E-state index contributed by atoms with van der Waals surface area (Å²) >= 11 is 0. The topological polar surface area (TPSA) is 47.6 Å². The second kappa shape index (κ2) is 11.1. The molecule has 4 nitrogen and oxygen atoms in total. The van der Waals surface area contributed by atoms with Gasteiger partial charge in [-0.25, -0.2) is 0 Å². The van der Waals surface area contributed by atoms with Gasteiger partial charge in [0.1, 0.15) is 11.5 Å². The number of rotatable bonds is 11. The molecule has 0 aliphatic rings. The number of hydrogen-bond acceptors (Lipinski definition) is 3. The van der Waals surface area contributed by atoms with Crippen LogP contribution in [0.5, 0.6) is 11.5 Å². The molecule has 2 aromatic carbocycles. The van der Waals surface area contributed by atoms with E-state index in [1.165, 1.54) is 25.7 Å². The Labute approximate surface area is 150 Å². The van der Waals surface area contributed by atoms with Crippen LogP contribution >= 0.6 is 0 Å². The fraction of sp³-hybridized carbons (Fsp3) is 0.381. The number of ether oxygens (including phenoxy) is 2. The maximum absolute atomic E-state index is 11.9. The molecule has 2 aromatic rings. The molecule has 0 aliphatic carbocycles. The third kappa shape index (κ3) is 7.75. The number of unbranched alkanes of at least 4 members (excludes halogenated alkanes) is 4. The minimum absolute atomic E-state index is 0.0324. The molecule has 25 heavy (non-hydrogen) atoms. The van der Waals surface area contributed by atoms with Gasteiger partial charge in [0.05, 0.1) is 6.61 Å². The molecular formula is C21H27NO3. The molecule has 4 heteroatoms. The molecule has 0 spiro atoms. The van der Waals surface area contributed by atoms with Crippen molar-refractivity contribution >= 4 is 11.6 Å². The van der Waals surface area contributed by atoms with E-state index in [-0.39, 0.29) is 12.5 Å². The number of hydrogen-bond donors (Lipinski definition) is 1. The van der Waals surface area contributed by atoms with Crippen LogP contribution in [0.2, 0.25) is 0 Å². The van der Waals surface area contributed by atoms with Crippen LogP contribution in [0, 0.1) is 0 Å². The van der Waals surface area contributed by atoms with Crippen molar-refractivity contribution in [3.05, 3.63) is 54.6 Å². The van der Waals surface area contributed by atoms with Crippen LogP contribution in [0.1, 0.15) is 39.0 Å². The Balaban J connectivity index is 1.70. The van der Waals surface area contributed by atoms with Gasteiger partial charge in [-0.05, 0) is 30.7 Å². The van der Waals surface area contributed by atoms with Gasteiger partial charge < -0.3 is 14.8 Å². The van der Waals surface area contributed by atoms with Gasteiger partial charge in [-0.15, -0.1) is 0 Å². The number of amides is 1. The van der Waals surface area contributed by atoms with Crippen molar-refractivity contribution < 1.29 is 14.3 Å². The molecule has 1 amide bonds. The summed E-state index contributed by atoms with van der Waals surface area (Å²) in [7, 11) is 0. The normalized spacial score (nSPS) is 10.3. The van der Waals surface area contributed by atoms with E-state index in [0.717, 1.165) is 17.9 Å². The first kappa shape index (κ1) is 18.8. The third-order valence-electron chi connectivity index (χ3n) is 3.75. The van der Waals surface area contributed by atoms with Crippen LogP contribution in [0.3, 0.4) is 0 Å². The predicted octanol–water partition coefficient (Wildman–Crippen LogP) is 5.05. The number of anilines is 1. The first-order valence-corrected chi connectivity index (χ1v) is 8.98. The Bertz CT molecular complexity index is 628. The van der Waals surface area contributed by atoms with Crippen LogP contribution in [-0.4, -0.2) is 19.1 Å². The van der Waals surface area contributed by atoms with E-state index in [1.807, 2.05) is 54.6 Å². The molecule has 0 aliphatic heterocycles. The predicted molar refractivity (Wildman–Crippen MR) is 101 cm³/mol. The molecule has 2 rings (SSSR count). The fourth-order valence-electron chi connectivity index (χ4n) is 2.42. The number of nitrogens with one attached hydrogen (secondary N) is 1. The smallest absolute Gasteiger partial charge is 0.262 e. The molecule has 0 fully saturated rings. The molecule has 0 radical (unpaired) electrons. The number of benzene rings is 2. The maximum Gasteiger partial charge on any atom is 0.262 e. The second-order valence-electron chi connectivity index (χ2n) is 5.94. The molecule has 0 unspecified atom stereocenters. The molecule has 0 saturated carbocycles. The van der Waals surface area contributed by atoms with Crippen LogP contribution in [-0.2, 0) is 4.79 Å². The van der Waals surface area contributed by atoms with Gasteiger partial charge in [0, 0.05) is 11.8 Å². The van der Waals surface area contributed by atoms with E-state index in [2.05, 4.69) is 12.2 Å². The highest BCUT2D eigenvalue weighted by Gasteiger charge is 2.04. The van der Waals surface area contributed by atoms with Gasteiger partial charge in [-0.2, -0.15) is 0 Å². The summed E-state index contributed by atoms with van der Waals surface area (Å²) in [6, 6.07) is 16.8. The zero-order chi connectivity index (χ0) is 17.7. The van der Waals surface area contributed by atoms with Gasteiger partial charge in [0.2, 0.25) is 0 Å². The van der Waals surface area contributed by atoms with E-state index in [4.69, 9.17) is 9.47 Å². The summed E-state index contributed by atoms with van der Waals surface area (Å²) in [5.74, 6) is 1.22. The zero-order valence-electron chi connectivity index (χ0n) is 14.9. The van der Waals surface area contributed by atoms with Gasteiger partial charge >= 0.3 is 0 Å². The standard InChI is InChI=1S/C21H27NO3/c1-2-3-4-5-9-15-24-19-13-10-14-20(16-19)25-17-21(23)22-18-11-7-6-8-12-18/h6-8,10-14,16H,2-5,9,15,17H2,1H3,(H,22,23). The van der Waals surface area contributed by atoms with Gasteiger partial charge in [0.15, 0.2) is 6.61 Å². The average molecular weight is 341 g/mol. The summed E-state index contributed by atoms with van der Waals surface area (Å²) < 4.78 is 11.3.